The first-order valence-electron chi connectivity index (χ1n) is 4.99. The van der Waals surface area contributed by atoms with Gasteiger partial charge in [0.2, 0.25) is 0 Å². The van der Waals surface area contributed by atoms with Gasteiger partial charge in [0.15, 0.2) is 0 Å². The van der Waals surface area contributed by atoms with Gasteiger partial charge >= 0.3 is 17.1 Å². The van der Waals surface area contributed by atoms with Crippen LogP contribution in [0, 0.1) is 63.7 Å². The van der Waals surface area contributed by atoms with E-state index < -0.39 is 0 Å². The molecule has 0 amide bonds. The van der Waals surface area contributed by atoms with Gasteiger partial charge in [0.05, 0.1) is 6.61 Å². The van der Waals surface area contributed by atoms with Crippen LogP contribution in [-0.2, 0) is 17.1 Å². The van der Waals surface area contributed by atoms with Crippen molar-refractivity contribution in [2.75, 3.05) is 18.1 Å². The van der Waals surface area contributed by atoms with Gasteiger partial charge in [-0.2, -0.15) is 11.8 Å². The predicted molar refractivity (Wildman–Crippen MR) is 66.4 cm³/mol. The van der Waals surface area contributed by atoms with Crippen LogP contribution in [-0.4, -0.2) is 23.2 Å². The summed E-state index contributed by atoms with van der Waals surface area (Å²) in [4.78, 5) is 0. The zero-order valence-electron chi connectivity index (χ0n) is 9.03. The first kappa shape index (κ1) is 16.8. The van der Waals surface area contributed by atoms with Crippen molar-refractivity contribution in [3.8, 4) is 0 Å². The number of hydrogen-bond acceptors (Lipinski definition) is 2. The molecule has 16 heavy (non-hydrogen) atoms. The first-order chi connectivity index (χ1) is 7.43. The summed E-state index contributed by atoms with van der Waals surface area (Å²) >= 11 is 1.76. The van der Waals surface area contributed by atoms with E-state index in [0.29, 0.717) is 0 Å². The summed E-state index contributed by atoms with van der Waals surface area (Å²) in [7, 11) is 0. The Morgan fingerprint density at radius 1 is 0.875 bits per heavy atom. The Balaban J connectivity index is 0.000000318. The van der Waals surface area contributed by atoms with Gasteiger partial charge in [-0.05, 0) is 63.7 Å². The largest absolute Gasteiger partial charge is 2.00 e. The van der Waals surface area contributed by atoms with E-state index in [2.05, 4.69) is 12.8 Å². The molecule has 0 unspecified atom stereocenters. The van der Waals surface area contributed by atoms with Gasteiger partial charge in [-0.3, -0.25) is 0 Å². The molecule has 0 spiro atoms. The molecule has 0 aliphatic heterocycles. The molecule has 0 saturated heterocycles. The van der Waals surface area contributed by atoms with Gasteiger partial charge in [0, 0.05) is 11.5 Å². The Kier molecular flexibility index (Phi) is 12.9. The Labute approximate surface area is 116 Å². The number of aliphatic hydroxyl groups excluding tert-OH is 1. The minimum atomic E-state index is 0. The fourth-order valence-corrected chi connectivity index (χ4v) is 1.79. The van der Waals surface area contributed by atoms with Crippen LogP contribution in [0.5, 0.6) is 0 Å². The molecule has 3 heteroatoms. The molecule has 0 bridgehead atoms. The molecule has 0 heterocycles. The standard InChI is InChI=1S/C8H11OS.C5H5.Fe/c9-5-6-10-7-8-3-1-2-4-8;1-2-4-5-3-1;/h1-4,9H,5-7H2;1-5H;/q;;+2. The van der Waals surface area contributed by atoms with Crippen LogP contribution in [0.15, 0.2) is 0 Å². The third-order valence-corrected chi connectivity index (χ3v) is 2.80. The number of hydrogen-bond donors (Lipinski definition) is 1. The second kappa shape index (κ2) is 12.3. The summed E-state index contributed by atoms with van der Waals surface area (Å²) in [5.74, 6) is 3.21. The first-order valence-corrected chi connectivity index (χ1v) is 6.15. The van der Waals surface area contributed by atoms with Crippen LogP contribution in [0.1, 0.15) is 0 Å². The molecule has 0 aromatic carbocycles. The van der Waals surface area contributed by atoms with E-state index >= 15 is 0 Å². The van der Waals surface area contributed by atoms with Crippen molar-refractivity contribution >= 4 is 11.8 Å². The predicted octanol–water partition coefficient (Wildman–Crippen LogP) is 2.14. The zero-order valence-corrected chi connectivity index (χ0v) is 10.9. The quantitative estimate of drug-likeness (QED) is 0.627. The van der Waals surface area contributed by atoms with Crippen LogP contribution in [0.3, 0.4) is 0 Å². The molecule has 2 fully saturated rings. The van der Waals surface area contributed by atoms with Crippen LogP contribution in [0.2, 0.25) is 0 Å². The van der Waals surface area contributed by atoms with Gasteiger partial charge in [-0.25, -0.2) is 0 Å². The third-order valence-electron chi connectivity index (χ3n) is 1.79. The fourth-order valence-electron chi connectivity index (χ4n) is 1.09. The van der Waals surface area contributed by atoms with Gasteiger partial charge < -0.3 is 5.11 Å². The molecular formula is C13H16FeOS+2. The van der Waals surface area contributed by atoms with Gasteiger partial charge in [0.25, 0.3) is 0 Å². The van der Waals surface area contributed by atoms with Crippen molar-refractivity contribution < 1.29 is 22.2 Å². The maximum absolute atomic E-state index is 8.47. The summed E-state index contributed by atoms with van der Waals surface area (Å²) in [5.41, 5.74) is 0. The minimum absolute atomic E-state index is 0. The van der Waals surface area contributed by atoms with Crippen molar-refractivity contribution in [3.63, 3.8) is 0 Å². The molecule has 0 aromatic heterocycles. The molecule has 2 rings (SSSR count). The molecule has 2 aliphatic carbocycles. The number of aliphatic hydroxyl groups is 1. The fraction of sp³-hybridized carbons (Fsp3) is 0.231. The molecule has 2 saturated carbocycles. The molecule has 2 aliphatic rings. The van der Waals surface area contributed by atoms with Crippen molar-refractivity contribution in [1.82, 2.24) is 0 Å². The smallest absolute Gasteiger partial charge is 0.396 e. The van der Waals surface area contributed by atoms with Gasteiger partial charge in [0.1, 0.15) is 0 Å². The van der Waals surface area contributed by atoms with Crippen LogP contribution in [0.4, 0.5) is 0 Å². The van der Waals surface area contributed by atoms with E-state index in [1.165, 1.54) is 5.92 Å². The minimum Gasteiger partial charge on any atom is -0.396 e. The average Bonchev–Trinajstić information content (AvgIpc) is 2.94. The summed E-state index contributed by atoms with van der Waals surface area (Å²) < 4.78 is 0. The maximum atomic E-state index is 8.47. The average molecular weight is 276 g/mol. The van der Waals surface area contributed by atoms with Crippen molar-refractivity contribution in [1.29, 1.82) is 0 Å². The van der Waals surface area contributed by atoms with E-state index in [1.807, 2.05) is 44.9 Å². The molecule has 10 radical (unpaired) electrons. The Hall–Kier alpha value is 0.829. The number of thioether (sulfide) groups is 1. The summed E-state index contributed by atoms with van der Waals surface area (Å²) in [6, 6.07) is 0. The summed E-state index contributed by atoms with van der Waals surface area (Å²) in [6.45, 7) is 0.283. The van der Waals surface area contributed by atoms with E-state index in [-0.39, 0.29) is 23.7 Å². The van der Waals surface area contributed by atoms with E-state index in [9.17, 15) is 0 Å². The molecule has 86 valence electrons. The molecule has 1 N–H and O–H groups in total. The Morgan fingerprint density at radius 2 is 1.38 bits per heavy atom. The monoisotopic (exact) mass is 276 g/mol. The molecular weight excluding hydrogens is 260 g/mol. The second-order valence-corrected chi connectivity index (χ2v) is 4.14. The summed E-state index contributed by atoms with van der Waals surface area (Å²) in [6.07, 6.45) is 18.3. The Morgan fingerprint density at radius 3 is 1.81 bits per heavy atom. The topological polar surface area (TPSA) is 20.2 Å². The van der Waals surface area contributed by atoms with Crippen LogP contribution in [0.25, 0.3) is 0 Å². The maximum Gasteiger partial charge on any atom is 2.00 e. The van der Waals surface area contributed by atoms with Crippen LogP contribution < -0.4 is 0 Å². The third kappa shape index (κ3) is 8.92. The SMILES string of the molecule is OCCSC[C]1[CH][CH][CH][CH]1.[CH]1[CH][CH][CH][CH]1.[Fe+2]. The normalized spacial score (nSPS) is 20.1. The molecule has 1 nitrogen and oxygen atoms in total. The zero-order chi connectivity index (χ0) is 10.8. The second-order valence-electron chi connectivity index (χ2n) is 3.03. The Bertz CT molecular complexity index is 126. The molecule has 0 atom stereocenters. The van der Waals surface area contributed by atoms with Crippen molar-refractivity contribution in [2.24, 2.45) is 0 Å². The van der Waals surface area contributed by atoms with E-state index in [1.54, 1.807) is 11.8 Å². The van der Waals surface area contributed by atoms with E-state index in [0.717, 1.165) is 11.5 Å². The van der Waals surface area contributed by atoms with Crippen LogP contribution >= 0.6 is 11.8 Å². The van der Waals surface area contributed by atoms with Gasteiger partial charge in [-0.1, -0.05) is 0 Å². The van der Waals surface area contributed by atoms with Crippen molar-refractivity contribution in [2.45, 2.75) is 0 Å². The molecule has 0 aromatic rings. The van der Waals surface area contributed by atoms with Gasteiger partial charge in [-0.15, -0.1) is 0 Å². The summed E-state index contributed by atoms with van der Waals surface area (Å²) in [5, 5.41) is 8.47. The number of rotatable bonds is 4. The van der Waals surface area contributed by atoms with E-state index in [4.69, 9.17) is 5.11 Å². The van der Waals surface area contributed by atoms with Crippen molar-refractivity contribution in [3.05, 3.63) is 63.7 Å².